The molecule has 3 aromatic rings. The van der Waals surface area contributed by atoms with Crippen LogP contribution in [0.5, 0.6) is 0 Å². The first-order valence-electron chi connectivity index (χ1n) is 10.7. The van der Waals surface area contributed by atoms with Gasteiger partial charge in [0.2, 0.25) is 0 Å². The van der Waals surface area contributed by atoms with Crippen LogP contribution in [0.25, 0.3) is 10.8 Å². The first-order valence-corrected chi connectivity index (χ1v) is 10.7. The molecule has 3 heterocycles. The van der Waals surface area contributed by atoms with E-state index in [4.69, 9.17) is 4.98 Å². The van der Waals surface area contributed by atoms with Crippen molar-refractivity contribution in [1.82, 2.24) is 20.1 Å². The van der Waals surface area contributed by atoms with Crippen LogP contribution >= 0.6 is 0 Å². The SMILES string of the molecule is Cc1c(C#N)cccc1C(C)Nc1nnc(C)c2cnc(N3CC[C@H](N(C)C)C3)cc12. The summed E-state index contributed by atoms with van der Waals surface area (Å²) in [6.45, 7) is 8.01. The lowest BCUT2D eigenvalue weighted by Gasteiger charge is -2.22. The van der Waals surface area contributed by atoms with Crippen molar-refractivity contribution < 1.29 is 0 Å². The van der Waals surface area contributed by atoms with Gasteiger partial charge >= 0.3 is 0 Å². The van der Waals surface area contributed by atoms with Gasteiger partial charge in [-0.05, 0) is 64.5 Å². The highest BCUT2D eigenvalue weighted by molar-refractivity contribution is 5.94. The Kier molecular flexibility index (Phi) is 5.75. The molecule has 7 heteroatoms. The van der Waals surface area contributed by atoms with Gasteiger partial charge in [0.25, 0.3) is 0 Å². The summed E-state index contributed by atoms with van der Waals surface area (Å²) >= 11 is 0. The molecule has 1 N–H and O–H groups in total. The fourth-order valence-electron chi connectivity index (χ4n) is 4.34. The molecule has 0 radical (unpaired) electrons. The normalized spacial score (nSPS) is 17.2. The molecule has 2 aromatic heterocycles. The molecule has 0 spiro atoms. The van der Waals surface area contributed by atoms with Crippen LogP contribution in [-0.4, -0.2) is 53.3 Å². The number of rotatable bonds is 5. The third-order valence-electron chi connectivity index (χ3n) is 6.37. The first kappa shape index (κ1) is 21.0. The Morgan fingerprint density at radius 3 is 2.74 bits per heavy atom. The van der Waals surface area contributed by atoms with Crippen LogP contribution in [0.4, 0.5) is 11.6 Å². The molecule has 2 atom stereocenters. The number of nitrogens with one attached hydrogen (secondary N) is 1. The summed E-state index contributed by atoms with van der Waals surface area (Å²) in [4.78, 5) is 9.36. The third kappa shape index (κ3) is 4.04. The van der Waals surface area contributed by atoms with E-state index in [9.17, 15) is 5.26 Å². The Labute approximate surface area is 183 Å². The smallest absolute Gasteiger partial charge is 0.157 e. The van der Waals surface area contributed by atoms with E-state index >= 15 is 0 Å². The van der Waals surface area contributed by atoms with Crippen LogP contribution in [0.2, 0.25) is 0 Å². The van der Waals surface area contributed by atoms with Gasteiger partial charge in [-0.3, -0.25) is 0 Å². The van der Waals surface area contributed by atoms with Crippen LogP contribution in [-0.2, 0) is 0 Å². The molecule has 1 saturated heterocycles. The zero-order valence-corrected chi connectivity index (χ0v) is 18.8. The van der Waals surface area contributed by atoms with Crippen molar-refractivity contribution in [3.8, 4) is 6.07 Å². The molecule has 1 aromatic carbocycles. The van der Waals surface area contributed by atoms with Crippen LogP contribution in [0.1, 0.15) is 41.8 Å². The number of hydrogen-bond acceptors (Lipinski definition) is 7. The Morgan fingerprint density at radius 2 is 2.03 bits per heavy atom. The molecule has 0 aliphatic carbocycles. The quantitative estimate of drug-likeness (QED) is 0.678. The molecule has 0 bridgehead atoms. The molecular formula is C24H29N7. The van der Waals surface area contributed by atoms with E-state index in [1.807, 2.05) is 32.2 Å². The molecule has 4 rings (SSSR count). The number of nitriles is 1. The summed E-state index contributed by atoms with van der Waals surface area (Å²) in [6, 6.07) is 10.7. The van der Waals surface area contributed by atoms with E-state index in [0.29, 0.717) is 11.6 Å². The maximum Gasteiger partial charge on any atom is 0.157 e. The second kappa shape index (κ2) is 8.48. The highest BCUT2D eigenvalue weighted by Crippen LogP contribution is 2.31. The molecule has 1 aliphatic heterocycles. The minimum absolute atomic E-state index is 0.0185. The second-order valence-electron chi connectivity index (χ2n) is 8.57. The van der Waals surface area contributed by atoms with Crippen molar-refractivity contribution in [2.75, 3.05) is 37.4 Å². The lowest BCUT2D eigenvalue weighted by atomic mass is 9.98. The zero-order valence-electron chi connectivity index (χ0n) is 18.8. The van der Waals surface area contributed by atoms with E-state index in [1.165, 1.54) is 0 Å². The van der Waals surface area contributed by atoms with E-state index in [-0.39, 0.29) is 6.04 Å². The molecule has 1 unspecified atom stereocenters. The average molecular weight is 416 g/mol. The molecule has 1 fully saturated rings. The molecule has 31 heavy (non-hydrogen) atoms. The highest BCUT2D eigenvalue weighted by atomic mass is 15.3. The Hall–Kier alpha value is -3.24. The minimum Gasteiger partial charge on any atom is -0.362 e. The first-order chi connectivity index (χ1) is 14.9. The van der Waals surface area contributed by atoms with Gasteiger partial charge in [0.05, 0.1) is 23.4 Å². The summed E-state index contributed by atoms with van der Waals surface area (Å²) < 4.78 is 0. The lowest BCUT2D eigenvalue weighted by molar-refractivity contribution is 0.315. The lowest BCUT2D eigenvalue weighted by Crippen LogP contribution is -2.31. The van der Waals surface area contributed by atoms with Crippen molar-refractivity contribution in [2.24, 2.45) is 0 Å². The molecular weight excluding hydrogens is 386 g/mol. The standard InChI is InChI=1S/C24H29N7/c1-15-18(12-25)7-6-8-20(15)16(2)27-24-21-11-23(26-13-22(21)17(3)28-29-24)31-10-9-19(14-31)30(4)5/h6-8,11,13,16,19H,9-10,14H2,1-5H3,(H,27,29)/t16?,19-/m0/s1. The van der Waals surface area contributed by atoms with Gasteiger partial charge in [-0.25, -0.2) is 4.98 Å². The maximum atomic E-state index is 9.37. The van der Waals surface area contributed by atoms with Crippen LogP contribution in [0.15, 0.2) is 30.5 Å². The highest BCUT2D eigenvalue weighted by Gasteiger charge is 2.25. The molecule has 0 amide bonds. The van der Waals surface area contributed by atoms with Gasteiger partial charge in [0.1, 0.15) is 5.82 Å². The van der Waals surface area contributed by atoms with E-state index in [1.54, 1.807) is 0 Å². The molecule has 1 aliphatic rings. The summed E-state index contributed by atoms with van der Waals surface area (Å²) in [5, 5.41) is 23.7. The van der Waals surface area contributed by atoms with Crippen molar-refractivity contribution in [3.05, 3.63) is 52.8 Å². The van der Waals surface area contributed by atoms with Crippen molar-refractivity contribution >= 4 is 22.4 Å². The van der Waals surface area contributed by atoms with Crippen molar-refractivity contribution in [3.63, 3.8) is 0 Å². The zero-order chi connectivity index (χ0) is 22.1. The Balaban J connectivity index is 1.68. The number of aromatic nitrogens is 3. The summed E-state index contributed by atoms with van der Waals surface area (Å²) in [6.07, 6.45) is 3.05. The predicted molar refractivity (Wildman–Crippen MR) is 124 cm³/mol. The van der Waals surface area contributed by atoms with E-state index < -0.39 is 0 Å². The van der Waals surface area contributed by atoms with Crippen LogP contribution < -0.4 is 10.2 Å². The number of hydrogen-bond donors (Lipinski definition) is 1. The van der Waals surface area contributed by atoms with Gasteiger partial charge in [-0.15, -0.1) is 5.10 Å². The fourth-order valence-corrected chi connectivity index (χ4v) is 4.34. The summed E-state index contributed by atoms with van der Waals surface area (Å²) in [5.74, 6) is 1.71. The molecule has 7 nitrogen and oxygen atoms in total. The Bertz CT molecular complexity index is 1150. The second-order valence-corrected chi connectivity index (χ2v) is 8.57. The summed E-state index contributed by atoms with van der Waals surface area (Å²) in [5.41, 5.74) is 3.63. The van der Waals surface area contributed by atoms with Gasteiger partial charge in [-0.2, -0.15) is 10.4 Å². The predicted octanol–water partition coefficient (Wildman–Crippen LogP) is 3.83. The fraction of sp³-hybridized carbons (Fsp3) is 0.417. The topological polar surface area (TPSA) is 81.0 Å². The monoisotopic (exact) mass is 415 g/mol. The van der Waals surface area contributed by atoms with Crippen molar-refractivity contribution in [2.45, 2.75) is 39.3 Å². The average Bonchev–Trinajstić information content (AvgIpc) is 3.26. The molecule has 160 valence electrons. The van der Waals surface area contributed by atoms with Gasteiger partial charge < -0.3 is 15.1 Å². The van der Waals surface area contributed by atoms with E-state index in [0.717, 1.165) is 58.7 Å². The number of anilines is 2. The Morgan fingerprint density at radius 1 is 1.23 bits per heavy atom. The number of benzene rings is 1. The molecule has 0 saturated carbocycles. The third-order valence-corrected chi connectivity index (χ3v) is 6.37. The van der Waals surface area contributed by atoms with Gasteiger partial charge in [0.15, 0.2) is 5.82 Å². The number of nitrogens with zero attached hydrogens (tertiary/aromatic N) is 6. The number of aryl methyl sites for hydroxylation is 1. The minimum atomic E-state index is -0.0185. The van der Waals surface area contributed by atoms with Crippen LogP contribution in [0, 0.1) is 25.2 Å². The van der Waals surface area contributed by atoms with Crippen LogP contribution in [0.3, 0.4) is 0 Å². The maximum absolute atomic E-state index is 9.37. The van der Waals surface area contributed by atoms with Crippen molar-refractivity contribution in [1.29, 1.82) is 5.26 Å². The summed E-state index contributed by atoms with van der Waals surface area (Å²) in [7, 11) is 4.27. The number of likely N-dealkylation sites (N-methyl/N-ethyl adjacent to an activating group) is 1. The van der Waals surface area contributed by atoms with E-state index in [2.05, 4.69) is 64.5 Å². The van der Waals surface area contributed by atoms with Gasteiger partial charge in [0, 0.05) is 36.1 Å². The number of pyridine rings is 1. The largest absolute Gasteiger partial charge is 0.362 e. The van der Waals surface area contributed by atoms with Gasteiger partial charge in [-0.1, -0.05) is 12.1 Å². The number of fused-ring (bicyclic) bond motifs is 1.